The van der Waals surface area contributed by atoms with Gasteiger partial charge in [0.25, 0.3) is 0 Å². The summed E-state index contributed by atoms with van der Waals surface area (Å²) in [6, 6.07) is 15.5. The number of thioether (sulfide) groups is 1. The van der Waals surface area contributed by atoms with Gasteiger partial charge in [0, 0.05) is 4.90 Å². The van der Waals surface area contributed by atoms with Crippen LogP contribution in [0, 0.1) is 0 Å². The van der Waals surface area contributed by atoms with Crippen molar-refractivity contribution in [3.63, 3.8) is 0 Å². The zero-order chi connectivity index (χ0) is 11.8. The normalized spacial score (nSPS) is 16.1. The zero-order valence-corrected chi connectivity index (χ0v) is 12.7. The summed E-state index contributed by atoms with van der Waals surface area (Å²) in [5.74, 6) is -1.03. The summed E-state index contributed by atoms with van der Waals surface area (Å²) in [4.78, 5) is 12.2. The first-order chi connectivity index (χ1) is 8.27. The molecule has 1 atom stereocenters. The van der Waals surface area contributed by atoms with Gasteiger partial charge >= 0.3 is 29.6 Å². The largest absolute Gasteiger partial charge is 1.00 e. The van der Waals surface area contributed by atoms with Gasteiger partial charge in [0.2, 0.25) is 0 Å². The third-order valence-corrected chi connectivity index (χ3v) is 4.17. The Bertz CT molecular complexity index is 598. The van der Waals surface area contributed by atoms with E-state index in [9.17, 15) is 9.90 Å². The van der Waals surface area contributed by atoms with E-state index in [-0.39, 0.29) is 29.6 Å². The van der Waals surface area contributed by atoms with Crippen LogP contribution in [0.4, 0.5) is 0 Å². The number of carboxylic acids is 1. The third kappa shape index (κ3) is 2.24. The summed E-state index contributed by atoms with van der Waals surface area (Å²) in [5.41, 5.74) is 2.93. The molecule has 3 rings (SSSR count). The van der Waals surface area contributed by atoms with Crippen LogP contribution >= 0.6 is 11.8 Å². The van der Waals surface area contributed by atoms with E-state index in [0.29, 0.717) is 0 Å². The van der Waals surface area contributed by atoms with Gasteiger partial charge in [0.05, 0.1) is 11.2 Å². The molecule has 0 amide bonds. The third-order valence-electron chi connectivity index (χ3n) is 2.88. The Morgan fingerprint density at radius 1 is 1.00 bits per heavy atom. The first-order valence-electron chi connectivity index (χ1n) is 5.33. The van der Waals surface area contributed by atoms with Crippen LogP contribution < -0.4 is 34.7 Å². The summed E-state index contributed by atoms with van der Waals surface area (Å²) >= 11 is 1.35. The van der Waals surface area contributed by atoms with Gasteiger partial charge in [-0.05, 0) is 22.8 Å². The van der Waals surface area contributed by atoms with Crippen LogP contribution in [0.15, 0.2) is 53.4 Å². The number of carbonyl (C=O) groups excluding carboxylic acids is 1. The van der Waals surface area contributed by atoms with Crippen LogP contribution in [0.5, 0.6) is 0 Å². The minimum atomic E-state index is -1.03. The van der Waals surface area contributed by atoms with Crippen molar-refractivity contribution in [2.75, 3.05) is 0 Å². The molecule has 1 heterocycles. The van der Waals surface area contributed by atoms with E-state index in [4.69, 9.17) is 0 Å². The Morgan fingerprint density at radius 3 is 2.33 bits per heavy atom. The van der Waals surface area contributed by atoms with Gasteiger partial charge in [-0.1, -0.05) is 42.5 Å². The molecule has 0 spiro atoms. The maximum absolute atomic E-state index is 11.2. The smallest absolute Gasteiger partial charge is 0.549 e. The summed E-state index contributed by atoms with van der Waals surface area (Å²) in [5, 5.41) is 10.6. The summed E-state index contributed by atoms with van der Waals surface area (Å²) in [6.07, 6.45) is 0. The van der Waals surface area contributed by atoms with Gasteiger partial charge in [0.15, 0.2) is 0 Å². The van der Waals surface area contributed by atoms with E-state index in [1.165, 1.54) is 11.8 Å². The molecular formula is C14H9NaO2S. The van der Waals surface area contributed by atoms with E-state index < -0.39 is 11.2 Å². The number of benzene rings is 2. The number of aliphatic carboxylic acids is 1. The number of fused-ring (bicyclic) bond motifs is 3. The Morgan fingerprint density at radius 2 is 1.61 bits per heavy atom. The van der Waals surface area contributed by atoms with Crippen molar-refractivity contribution >= 4 is 17.7 Å². The van der Waals surface area contributed by atoms with Crippen LogP contribution in [0.3, 0.4) is 0 Å². The number of hydrogen-bond donors (Lipinski definition) is 0. The fourth-order valence-electron chi connectivity index (χ4n) is 2.13. The summed E-state index contributed by atoms with van der Waals surface area (Å²) in [7, 11) is 0. The molecule has 18 heavy (non-hydrogen) atoms. The van der Waals surface area contributed by atoms with Crippen LogP contribution in [0.25, 0.3) is 11.1 Å². The van der Waals surface area contributed by atoms with Crippen molar-refractivity contribution in [3.8, 4) is 11.1 Å². The molecule has 2 aromatic carbocycles. The van der Waals surface area contributed by atoms with Gasteiger partial charge in [0.1, 0.15) is 0 Å². The molecule has 0 saturated carbocycles. The molecule has 84 valence electrons. The molecule has 4 heteroatoms. The number of rotatable bonds is 1. The summed E-state index contributed by atoms with van der Waals surface area (Å²) in [6.45, 7) is 0. The molecule has 0 fully saturated rings. The van der Waals surface area contributed by atoms with Crippen molar-refractivity contribution in [1.82, 2.24) is 0 Å². The first kappa shape index (κ1) is 13.7. The van der Waals surface area contributed by atoms with Gasteiger partial charge < -0.3 is 9.90 Å². The van der Waals surface area contributed by atoms with Crippen LogP contribution in [-0.4, -0.2) is 5.97 Å². The van der Waals surface area contributed by atoms with Gasteiger partial charge in [-0.25, -0.2) is 0 Å². The molecule has 1 unspecified atom stereocenters. The fraction of sp³-hybridized carbons (Fsp3) is 0.0714. The molecule has 0 radical (unpaired) electrons. The van der Waals surface area contributed by atoms with E-state index in [0.717, 1.165) is 21.6 Å². The SMILES string of the molecule is O=C([O-])C1Sc2ccccc2-c2ccccc21.[Na+]. The van der Waals surface area contributed by atoms with Crippen molar-refractivity contribution in [2.24, 2.45) is 0 Å². The fourth-order valence-corrected chi connectivity index (χ4v) is 3.27. The molecule has 0 N–H and O–H groups in total. The van der Waals surface area contributed by atoms with Crippen LogP contribution in [-0.2, 0) is 4.79 Å². The molecule has 2 aromatic rings. The number of carbonyl (C=O) groups is 1. The maximum Gasteiger partial charge on any atom is 1.00 e. The minimum Gasteiger partial charge on any atom is -0.549 e. The van der Waals surface area contributed by atoms with Crippen LogP contribution in [0.1, 0.15) is 10.8 Å². The van der Waals surface area contributed by atoms with Crippen LogP contribution in [0.2, 0.25) is 0 Å². The first-order valence-corrected chi connectivity index (χ1v) is 6.21. The topological polar surface area (TPSA) is 40.1 Å². The van der Waals surface area contributed by atoms with E-state index in [2.05, 4.69) is 0 Å². The predicted octanol–water partition coefficient (Wildman–Crippen LogP) is -0.746. The predicted molar refractivity (Wildman–Crippen MR) is 65.5 cm³/mol. The van der Waals surface area contributed by atoms with Crippen molar-refractivity contribution in [2.45, 2.75) is 10.1 Å². The quantitative estimate of drug-likeness (QED) is 0.637. The Hall–Kier alpha value is -0.740. The van der Waals surface area contributed by atoms with E-state index in [1.54, 1.807) is 0 Å². The Balaban J connectivity index is 0.00000120. The molecule has 1 aliphatic rings. The molecule has 0 aromatic heterocycles. The average Bonchev–Trinajstić information content (AvgIpc) is 2.37. The standard InChI is InChI=1S/C14H10O2S.Na/c15-14(16)13-11-7-2-1-5-9(11)10-6-3-4-8-12(10)17-13;/h1-8,13H,(H,15,16);/q;+1/p-1. The second kappa shape index (κ2) is 5.49. The number of carboxylic acid groups (broad SMARTS) is 1. The van der Waals surface area contributed by atoms with E-state index >= 15 is 0 Å². The second-order valence-electron chi connectivity index (χ2n) is 3.90. The molecule has 0 aliphatic carbocycles. The van der Waals surface area contributed by atoms with Crippen molar-refractivity contribution < 1.29 is 39.5 Å². The van der Waals surface area contributed by atoms with Gasteiger partial charge in [-0.2, -0.15) is 0 Å². The molecular weight excluding hydrogens is 255 g/mol. The van der Waals surface area contributed by atoms with E-state index in [1.807, 2.05) is 48.5 Å². The van der Waals surface area contributed by atoms with Crippen molar-refractivity contribution in [1.29, 1.82) is 0 Å². The average molecular weight is 264 g/mol. The van der Waals surface area contributed by atoms with Gasteiger partial charge in [-0.15, -0.1) is 11.8 Å². The molecule has 2 nitrogen and oxygen atoms in total. The molecule has 0 bridgehead atoms. The van der Waals surface area contributed by atoms with Crippen molar-refractivity contribution in [3.05, 3.63) is 54.1 Å². The monoisotopic (exact) mass is 264 g/mol. The molecule has 0 saturated heterocycles. The molecule has 1 aliphatic heterocycles. The minimum absolute atomic E-state index is 0. The second-order valence-corrected chi connectivity index (χ2v) is 5.05. The Labute approximate surface area is 132 Å². The zero-order valence-electron chi connectivity index (χ0n) is 9.92. The maximum atomic E-state index is 11.2. The Kier molecular flexibility index (Phi) is 4.17. The summed E-state index contributed by atoms with van der Waals surface area (Å²) < 4.78 is 0. The van der Waals surface area contributed by atoms with Gasteiger partial charge in [-0.3, -0.25) is 0 Å². The number of hydrogen-bond acceptors (Lipinski definition) is 3.